The Kier molecular flexibility index (Phi) is 6.74. The molecule has 0 radical (unpaired) electrons. The summed E-state index contributed by atoms with van der Waals surface area (Å²) in [5.74, 6) is -2.43. The number of hydrogen-bond acceptors (Lipinski definition) is 4. The number of thioether (sulfide) groups is 1. The second-order valence-electron chi connectivity index (χ2n) is 4.42. The van der Waals surface area contributed by atoms with Crippen LogP contribution in [0.15, 0.2) is 30.3 Å². The summed E-state index contributed by atoms with van der Waals surface area (Å²) in [6.45, 7) is 1.24. The third-order valence-corrected chi connectivity index (χ3v) is 4.04. The molecule has 7 heteroatoms. The van der Waals surface area contributed by atoms with E-state index in [1.807, 2.05) is 6.07 Å². The lowest BCUT2D eigenvalue weighted by molar-refractivity contribution is -0.140. The Morgan fingerprint density at radius 2 is 1.81 bits per heavy atom. The minimum atomic E-state index is -1.14. The largest absolute Gasteiger partial charge is 0.481 e. The molecule has 114 valence electrons. The van der Waals surface area contributed by atoms with Crippen molar-refractivity contribution in [2.24, 2.45) is 0 Å². The lowest BCUT2D eigenvalue weighted by atomic mass is 10.1. The lowest BCUT2D eigenvalue weighted by Gasteiger charge is -2.18. The van der Waals surface area contributed by atoms with Crippen LogP contribution < -0.4 is 5.32 Å². The van der Waals surface area contributed by atoms with Crippen LogP contribution >= 0.6 is 11.8 Å². The molecule has 0 aliphatic heterocycles. The first-order valence-corrected chi connectivity index (χ1v) is 7.33. The number of carbonyl (C=O) groups is 3. The van der Waals surface area contributed by atoms with Gasteiger partial charge in [-0.15, -0.1) is 0 Å². The first kappa shape index (κ1) is 17.0. The van der Waals surface area contributed by atoms with Crippen LogP contribution in [0.3, 0.4) is 0 Å². The quantitative estimate of drug-likeness (QED) is 0.672. The van der Waals surface area contributed by atoms with Crippen molar-refractivity contribution in [3.05, 3.63) is 35.9 Å². The van der Waals surface area contributed by atoms with Crippen LogP contribution in [-0.4, -0.2) is 39.9 Å². The molecule has 1 amide bonds. The summed E-state index contributed by atoms with van der Waals surface area (Å²) in [5, 5.41) is 20.0. The van der Waals surface area contributed by atoms with E-state index < -0.39 is 23.9 Å². The molecule has 0 saturated carbocycles. The monoisotopic (exact) mass is 311 g/mol. The average Bonchev–Trinajstić information content (AvgIpc) is 2.41. The molecule has 0 fully saturated rings. The van der Waals surface area contributed by atoms with Crippen LogP contribution in [0.1, 0.15) is 24.2 Å². The number of nitrogens with one attached hydrogen (secondary N) is 1. The maximum Gasteiger partial charge on any atom is 0.327 e. The molecule has 0 aliphatic carbocycles. The highest BCUT2D eigenvalue weighted by molar-refractivity contribution is 7.99. The zero-order chi connectivity index (χ0) is 15.8. The van der Waals surface area contributed by atoms with Crippen LogP contribution in [0.5, 0.6) is 0 Å². The number of carboxylic acid groups (broad SMARTS) is 2. The van der Waals surface area contributed by atoms with Gasteiger partial charge in [0.1, 0.15) is 6.04 Å². The molecule has 0 bridgehead atoms. The van der Waals surface area contributed by atoms with E-state index in [0.29, 0.717) is 0 Å². The van der Waals surface area contributed by atoms with Crippen molar-refractivity contribution in [3.63, 3.8) is 0 Å². The zero-order valence-corrected chi connectivity index (χ0v) is 12.3. The maximum atomic E-state index is 11.1. The van der Waals surface area contributed by atoms with Gasteiger partial charge in [0.2, 0.25) is 5.91 Å². The topological polar surface area (TPSA) is 104 Å². The van der Waals surface area contributed by atoms with E-state index >= 15 is 0 Å². The fourth-order valence-electron chi connectivity index (χ4n) is 1.73. The zero-order valence-electron chi connectivity index (χ0n) is 11.5. The van der Waals surface area contributed by atoms with Gasteiger partial charge in [0, 0.05) is 17.9 Å². The minimum absolute atomic E-state index is 0.0990. The Morgan fingerprint density at radius 3 is 2.29 bits per heavy atom. The third-order valence-electron chi connectivity index (χ3n) is 2.67. The van der Waals surface area contributed by atoms with E-state index in [-0.39, 0.29) is 17.4 Å². The van der Waals surface area contributed by atoms with Gasteiger partial charge in [-0.2, -0.15) is 11.8 Å². The van der Waals surface area contributed by atoms with Crippen molar-refractivity contribution in [2.75, 3.05) is 5.75 Å². The highest BCUT2D eigenvalue weighted by Crippen LogP contribution is 2.32. The number of amides is 1. The molecule has 0 aliphatic rings. The van der Waals surface area contributed by atoms with Crippen molar-refractivity contribution in [1.82, 2.24) is 5.32 Å². The highest BCUT2D eigenvalue weighted by atomic mass is 32.2. The van der Waals surface area contributed by atoms with Crippen LogP contribution in [0.2, 0.25) is 0 Å². The summed E-state index contributed by atoms with van der Waals surface area (Å²) in [5.41, 5.74) is 0.817. The van der Waals surface area contributed by atoms with Gasteiger partial charge < -0.3 is 15.5 Å². The number of carboxylic acids is 2. The van der Waals surface area contributed by atoms with Crippen LogP contribution in [0.4, 0.5) is 0 Å². The van der Waals surface area contributed by atoms with Crippen molar-refractivity contribution in [2.45, 2.75) is 24.6 Å². The molecule has 0 saturated heterocycles. The molecule has 0 spiro atoms. The van der Waals surface area contributed by atoms with Crippen molar-refractivity contribution in [1.29, 1.82) is 0 Å². The lowest BCUT2D eigenvalue weighted by Crippen LogP contribution is -2.41. The van der Waals surface area contributed by atoms with E-state index in [9.17, 15) is 14.4 Å². The number of aliphatic carboxylic acids is 2. The van der Waals surface area contributed by atoms with Crippen LogP contribution in [0.25, 0.3) is 0 Å². The Balaban J connectivity index is 2.74. The van der Waals surface area contributed by atoms with Crippen molar-refractivity contribution >= 4 is 29.6 Å². The SMILES string of the molecule is CC(=O)NC(CSC(CC(=O)O)c1ccccc1)C(=O)O. The molecule has 21 heavy (non-hydrogen) atoms. The normalized spacial score (nSPS) is 13.2. The fourth-order valence-corrected chi connectivity index (χ4v) is 2.99. The molecule has 0 heterocycles. The summed E-state index contributed by atoms with van der Waals surface area (Å²) < 4.78 is 0. The van der Waals surface area contributed by atoms with Gasteiger partial charge in [-0.05, 0) is 5.56 Å². The molecule has 2 unspecified atom stereocenters. The van der Waals surface area contributed by atoms with Crippen LogP contribution in [0, 0.1) is 0 Å². The molecule has 1 rings (SSSR count). The predicted molar refractivity (Wildman–Crippen MR) is 79.1 cm³/mol. The summed E-state index contributed by atoms with van der Waals surface area (Å²) in [4.78, 5) is 33.0. The van der Waals surface area contributed by atoms with Gasteiger partial charge >= 0.3 is 11.9 Å². The molecule has 0 aromatic heterocycles. The smallest absolute Gasteiger partial charge is 0.327 e. The van der Waals surface area contributed by atoms with Crippen molar-refractivity contribution < 1.29 is 24.6 Å². The third kappa shape index (κ3) is 6.31. The van der Waals surface area contributed by atoms with E-state index in [4.69, 9.17) is 10.2 Å². The molecular formula is C14H17NO5S. The number of benzene rings is 1. The van der Waals surface area contributed by atoms with E-state index in [2.05, 4.69) is 5.32 Å². The predicted octanol–water partition coefficient (Wildman–Crippen LogP) is 1.52. The Hall–Kier alpha value is -2.02. The fraction of sp³-hybridized carbons (Fsp3) is 0.357. The van der Waals surface area contributed by atoms with E-state index in [0.717, 1.165) is 5.56 Å². The van der Waals surface area contributed by atoms with Gasteiger partial charge in [0.05, 0.1) is 6.42 Å². The standard InChI is InChI=1S/C14H17NO5S/c1-9(16)15-11(14(19)20)8-21-12(7-13(17)18)10-5-3-2-4-6-10/h2-6,11-12H,7-8H2,1H3,(H,15,16)(H,17,18)(H,19,20). The minimum Gasteiger partial charge on any atom is -0.481 e. The molecule has 1 aromatic carbocycles. The Labute approximate surface area is 126 Å². The van der Waals surface area contributed by atoms with Gasteiger partial charge in [0.15, 0.2) is 0 Å². The number of hydrogen-bond donors (Lipinski definition) is 3. The molecule has 3 N–H and O–H groups in total. The first-order valence-electron chi connectivity index (χ1n) is 6.28. The van der Waals surface area contributed by atoms with E-state index in [1.165, 1.54) is 18.7 Å². The second kappa shape index (κ2) is 8.31. The van der Waals surface area contributed by atoms with Gasteiger partial charge in [-0.1, -0.05) is 30.3 Å². The second-order valence-corrected chi connectivity index (χ2v) is 5.66. The molecule has 6 nitrogen and oxygen atoms in total. The molecule has 2 atom stereocenters. The molecule has 1 aromatic rings. The van der Waals surface area contributed by atoms with Crippen LogP contribution in [-0.2, 0) is 14.4 Å². The maximum absolute atomic E-state index is 11.1. The summed E-state index contributed by atoms with van der Waals surface area (Å²) >= 11 is 1.20. The van der Waals surface area contributed by atoms with Gasteiger partial charge in [-0.25, -0.2) is 4.79 Å². The average molecular weight is 311 g/mol. The first-order chi connectivity index (χ1) is 9.90. The molecular weight excluding hydrogens is 294 g/mol. The number of carbonyl (C=O) groups excluding carboxylic acids is 1. The van der Waals surface area contributed by atoms with Crippen molar-refractivity contribution in [3.8, 4) is 0 Å². The summed E-state index contributed by atoms with van der Waals surface area (Å²) in [6, 6.07) is 7.99. The summed E-state index contributed by atoms with van der Waals surface area (Å²) in [6.07, 6.45) is -0.110. The Bertz CT molecular complexity index is 505. The highest BCUT2D eigenvalue weighted by Gasteiger charge is 2.23. The van der Waals surface area contributed by atoms with E-state index in [1.54, 1.807) is 24.3 Å². The Morgan fingerprint density at radius 1 is 1.19 bits per heavy atom. The van der Waals surface area contributed by atoms with Gasteiger partial charge in [-0.3, -0.25) is 9.59 Å². The summed E-state index contributed by atoms with van der Waals surface area (Å²) in [7, 11) is 0. The number of rotatable bonds is 8. The van der Waals surface area contributed by atoms with Gasteiger partial charge in [0.25, 0.3) is 0 Å².